The van der Waals surface area contributed by atoms with Gasteiger partial charge in [-0.05, 0) is 31.7 Å². The van der Waals surface area contributed by atoms with Gasteiger partial charge in [0.05, 0.1) is 22.7 Å². The molecule has 0 heterocycles. The van der Waals surface area contributed by atoms with Gasteiger partial charge in [0, 0.05) is 12.6 Å². The van der Waals surface area contributed by atoms with Crippen LogP contribution in [-0.2, 0) is 0 Å². The molecule has 130 valence electrons. The van der Waals surface area contributed by atoms with Crippen molar-refractivity contribution in [3.05, 3.63) is 23.0 Å². The fourth-order valence-electron chi connectivity index (χ4n) is 2.32. The lowest BCUT2D eigenvalue weighted by Gasteiger charge is -2.19. The lowest BCUT2D eigenvalue weighted by atomic mass is 10.2. The maximum Gasteiger partial charge on any atom is 0.392 e. The Bertz CT molecular complexity index is 533. The predicted octanol–water partition coefficient (Wildman–Crippen LogP) is 4.92. The summed E-state index contributed by atoms with van der Waals surface area (Å²) in [5.74, 6) is -1.89. The quantitative estimate of drug-likeness (QED) is 0.562. The first-order valence-electron chi connectivity index (χ1n) is 7.48. The van der Waals surface area contributed by atoms with E-state index in [9.17, 15) is 17.6 Å². The van der Waals surface area contributed by atoms with Crippen LogP contribution >= 0.6 is 11.6 Å². The number of alkyl halides is 3. The van der Waals surface area contributed by atoms with E-state index in [4.69, 9.17) is 16.3 Å². The largest absolute Gasteiger partial charge is 0.489 e. The molecule has 0 bridgehead atoms. The summed E-state index contributed by atoms with van der Waals surface area (Å²) in [7, 11) is 0. The van der Waals surface area contributed by atoms with E-state index in [0.29, 0.717) is 5.75 Å². The van der Waals surface area contributed by atoms with Crippen LogP contribution in [-0.4, -0.2) is 18.8 Å². The molecule has 23 heavy (non-hydrogen) atoms. The SMILES string of the molecule is CC(CNNc1cc(OC2CCCC2)c(Cl)cc1F)C(F)(F)F. The van der Waals surface area contributed by atoms with E-state index >= 15 is 0 Å². The molecule has 2 N–H and O–H groups in total. The number of rotatable bonds is 6. The second-order valence-electron chi connectivity index (χ2n) is 5.74. The fraction of sp³-hybridized carbons (Fsp3) is 0.600. The van der Waals surface area contributed by atoms with Crippen LogP contribution in [0.25, 0.3) is 0 Å². The predicted molar refractivity (Wildman–Crippen MR) is 81.1 cm³/mol. The van der Waals surface area contributed by atoms with Crippen molar-refractivity contribution in [3.8, 4) is 5.75 Å². The molecule has 3 nitrogen and oxygen atoms in total. The zero-order valence-corrected chi connectivity index (χ0v) is 13.4. The van der Waals surface area contributed by atoms with Crippen molar-refractivity contribution in [1.82, 2.24) is 5.43 Å². The molecule has 1 aromatic rings. The Morgan fingerprint density at radius 1 is 1.30 bits per heavy atom. The van der Waals surface area contributed by atoms with Gasteiger partial charge in [-0.1, -0.05) is 18.5 Å². The normalized spacial score (nSPS) is 17.3. The second-order valence-corrected chi connectivity index (χ2v) is 6.14. The summed E-state index contributed by atoms with van der Waals surface area (Å²) >= 11 is 5.96. The first kappa shape index (κ1) is 18.1. The number of hydrogen-bond acceptors (Lipinski definition) is 3. The minimum Gasteiger partial charge on any atom is -0.489 e. The lowest BCUT2D eigenvalue weighted by molar-refractivity contribution is -0.167. The number of halogens is 5. The first-order valence-corrected chi connectivity index (χ1v) is 7.86. The van der Waals surface area contributed by atoms with Gasteiger partial charge in [-0.3, -0.25) is 0 Å². The molecule has 1 unspecified atom stereocenters. The highest BCUT2D eigenvalue weighted by Gasteiger charge is 2.35. The average molecular weight is 355 g/mol. The van der Waals surface area contributed by atoms with Crippen molar-refractivity contribution in [2.45, 2.75) is 44.9 Å². The van der Waals surface area contributed by atoms with Crippen LogP contribution in [0.15, 0.2) is 12.1 Å². The summed E-state index contributed by atoms with van der Waals surface area (Å²) in [6.07, 6.45) is -0.277. The van der Waals surface area contributed by atoms with E-state index in [1.165, 1.54) is 6.07 Å². The Labute approximate surface area is 137 Å². The standard InChI is InChI=1S/C15H19ClF4N2O/c1-9(15(18,19)20)8-21-22-13-7-14(11(16)6-12(13)17)23-10-4-2-3-5-10/h6-7,9-10,21-22H,2-5,8H2,1H3. The van der Waals surface area contributed by atoms with Gasteiger partial charge >= 0.3 is 6.18 Å². The molecule has 1 saturated carbocycles. The first-order chi connectivity index (χ1) is 10.8. The maximum absolute atomic E-state index is 13.8. The molecule has 0 amide bonds. The Balaban J connectivity index is 1.97. The molecule has 1 aliphatic carbocycles. The zero-order valence-electron chi connectivity index (χ0n) is 12.6. The maximum atomic E-state index is 13.8. The van der Waals surface area contributed by atoms with Crippen LogP contribution in [0.3, 0.4) is 0 Å². The van der Waals surface area contributed by atoms with Crippen LogP contribution in [0, 0.1) is 11.7 Å². The van der Waals surface area contributed by atoms with Crippen molar-refractivity contribution < 1.29 is 22.3 Å². The van der Waals surface area contributed by atoms with Crippen molar-refractivity contribution in [2.75, 3.05) is 12.0 Å². The number of hydrogen-bond donors (Lipinski definition) is 2. The van der Waals surface area contributed by atoms with Crippen LogP contribution in [0.2, 0.25) is 5.02 Å². The summed E-state index contributed by atoms with van der Waals surface area (Å²) in [6.45, 7) is 0.659. The molecule has 0 aromatic heterocycles. The number of hydrazine groups is 1. The van der Waals surface area contributed by atoms with E-state index in [0.717, 1.165) is 38.7 Å². The van der Waals surface area contributed by atoms with Gasteiger partial charge in [0.25, 0.3) is 0 Å². The number of nitrogens with one attached hydrogen (secondary N) is 2. The van der Waals surface area contributed by atoms with E-state index in [-0.39, 0.29) is 23.4 Å². The van der Waals surface area contributed by atoms with Gasteiger partial charge in [-0.15, -0.1) is 0 Å². The van der Waals surface area contributed by atoms with Gasteiger partial charge in [0.15, 0.2) is 0 Å². The summed E-state index contributed by atoms with van der Waals surface area (Å²) < 4.78 is 56.8. The molecular formula is C15H19ClF4N2O. The Hall–Kier alpha value is -1.21. The van der Waals surface area contributed by atoms with Crippen LogP contribution in [0.1, 0.15) is 32.6 Å². The summed E-state index contributed by atoms with van der Waals surface area (Å²) in [6, 6.07) is 2.45. The molecule has 2 rings (SSSR count). The van der Waals surface area contributed by atoms with Crippen LogP contribution in [0.5, 0.6) is 5.75 Å². The Morgan fingerprint density at radius 2 is 1.96 bits per heavy atom. The third kappa shape index (κ3) is 5.14. The molecule has 0 radical (unpaired) electrons. The van der Waals surface area contributed by atoms with Gasteiger partial charge in [0.1, 0.15) is 11.6 Å². The van der Waals surface area contributed by atoms with Crippen molar-refractivity contribution >= 4 is 17.3 Å². The van der Waals surface area contributed by atoms with Crippen LogP contribution in [0.4, 0.5) is 23.2 Å². The minimum atomic E-state index is -4.30. The van der Waals surface area contributed by atoms with Gasteiger partial charge in [-0.25, -0.2) is 9.82 Å². The molecule has 1 atom stereocenters. The van der Waals surface area contributed by atoms with Crippen LogP contribution < -0.4 is 15.6 Å². The van der Waals surface area contributed by atoms with Gasteiger partial charge in [-0.2, -0.15) is 13.2 Å². The average Bonchev–Trinajstić information content (AvgIpc) is 2.95. The molecule has 0 aliphatic heterocycles. The zero-order chi connectivity index (χ0) is 17.0. The van der Waals surface area contributed by atoms with Crippen molar-refractivity contribution in [1.29, 1.82) is 0 Å². The molecule has 1 fully saturated rings. The third-order valence-electron chi connectivity index (χ3n) is 3.81. The highest BCUT2D eigenvalue weighted by atomic mass is 35.5. The second kappa shape index (κ2) is 7.57. The number of anilines is 1. The number of benzene rings is 1. The molecule has 0 saturated heterocycles. The lowest BCUT2D eigenvalue weighted by Crippen LogP contribution is -2.34. The fourth-order valence-corrected chi connectivity index (χ4v) is 2.51. The molecular weight excluding hydrogens is 336 g/mol. The van der Waals surface area contributed by atoms with E-state index in [2.05, 4.69) is 10.9 Å². The highest BCUT2D eigenvalue weighted by molar-refractivity contribution is 6.32. The smallest absolute Gasteiger partial charge is 0.392 e. The summed E-state index contributed by atoms with van der Waals surface area (Å²) in [5.41, 5.74) is 4.82. The van der Waals surface area contributed by atoms with E-state index in [1.807, 2.05) is 0 Å². The van der Waals surface area contributed by atoms with Gasteiger partial charge in [0.2, 0.25) is 0 Å². The van der Waals surface area contributed by atoms with E-state index in [1.54, 1.807) is 0 Å². The summed E-state index contributed by atoms with van der Waals surface area (Å²) in [4.78, 5) is 0. The molecule has 1 aromatic carbocycles. The Morgan fingerprint density at radius 3 is 2.57 bits per heavy atom. The van der Waals surface area contributed by atoms with Gasteiger partial charge < -0.3 is 10.2 Å². The third-order valence-corrected chi connectivity index (χ3v) is 4.10. The monoisotopic (exact) mass is 354 g/mol. The summed E-state index contributed by atoms with van der Waals surface area (Å²) in [5, 5.41) is 0.142. The number of ether oxygens (including phenoxy) is 1. The highest BCUT2D eigenvalue weighted by Crippen LogP contribution is 2.33. The van der Waals surface area contributed by atoms with Crippen molar-refractivity contribution in [3.63, 3.8) is 0 Å². The Kier molecular flexibility index (Phi) is 5.97. The topological polar surface area (TPSA) is 33.3 Å². The molecule has 0 spiro atoms. The molecule has 1 aliphatic rings. The van der Waals surface area contributed by atoms with Crippen molar-refractivity contribution in [2.24, 2.45) is 5.92 Å². The molecule has 8 heteroatoms. The minimum absolute atomic E-state index is 0.00299. The van der Waals surface area contributed by atoms with E-state index < -0.39 is 17.9 Å².